The second-order valence-electron chi connectivity index (χ2n) is 4.23. The van der Waals surface area contributed by atoms with Crippen LogP contribution in [0.2, 0.25) is 0 Å². The number of rotatable bonds is 5. The van der Waals surface area contributed by atoms with Crippen LogP contribution in [-0.2, 0) is 19.6 Å². The molecule has 0 radical (unpaired) electrons. The van der Waals surface area contributed by atoms with Crippen molar-refractivity contribution in [2.75, 3.05) is 26.2 Å². The number of imide groups is 1. The van der Waals surface area contributed by atoms with Gasteiger partial charge in [0, 0.05) is 24.3 Å². The van der Waals surface area contributed by atoms with Gasteiger partial charge in [-0.05, 0) is 7.05 Å². The lowest BCUT2D eigenvalue weighted by molar-refractivity contribution is -0.120. The lowest BCUT2D eigenvalue weighted by atomic mass is 10.2. The molecule has 0 spiro atoms. The number of amides is 2. The third-order valence-corrected chi connectivity index (χ3v) is 4.51. The van der Waals surface area contributed by atoms with Gasteiger partial charge in [-0.15, -0.1) is 0 Å². The molecule has 0 aromatic heterocycles. The third kappa shape index (κ3) is 2.55. The summed E-state index contributed by atoms with van der Waals surface area (Å²) in [5, 5.41) is 0. The minimum Gasteiger partial charge on any atom is -0.495 e. The van der Waals surface area contributed by atoms with E-state index in [2.05, 4.69) is 4.72 Å². The summed E-state index contributed by atoms with van der Waals surface area (Å²) in [6.45, 7) is 0. The fraction of sp³-hybridized carbons (Fsp3) is 0.231. The van der Waals surface area contributed by atoms with Gasteiger partial charge in [-0.25, -0.2) is 18.0 Å². The maximum atomic E-state index is 12.0. The Morgan fingerprint density at radius 3 is 2.00 bits per heavy atom. The summed E-state index contributed by atoms with van der Waals surface area (Å²) in [4.78, 5) is 24.3. The Morgan fingerprint density at radius 1 is 1.00 bits per heavy atom. The van der Waals surface area contributed by atoms with Crippen molar-refractivity contribution in [1.29, 1.82) is 0 Å². The standard InChI is InChI=1S/C13H14N2O6S/c1-14-22(18,19)11-7-9(20-2)8(6-10(11)21-3)15-12(16)4-5-13(15)17/h4-7,14H,1-3H3. The molecule has 1 aliphatic rings. The van der Waals surface area contributed by atoms with Gasteiger partial charge < -0.3 is 9.47 Å². The molecule has 22 heavy (non-hydrogen) atoms. The molecule has 118 valence electrons. The Labute approximate surface area is 127 Å². The molecule has 0 saturated heterocycles. The van der Waals surface area contributed by atoms with E-state index < -0.39 is 21.8 Å². The van der Waals surface area contributed by atoms with E-state index in [9.17, 15) is 18.0 Å². The van der Waals surface area contributed by atoms with Crippen LogP contribution in [-0.4, -0.2) is 41.5 Å². The van der Waals surface area contributed by atoms with Gasteiger partial charge in [0.2, 0.25) is 10.0 Å². The van der Waals surface area contributed by atoms with Crippen LogP contribution in [0.25, 0.3) is 0 Å². The lowest BCUT2D eigenvalue weighted by Gasteiger charge is -2.20. The van der Waals surface area contributed by atoms with Gasteiger partial charge >= 0.3 is 0 Å². The Hall–Kier alpha value is -2.39. The van der Waals surface area contributed by atoms with E-state index >= 15 is 0 Å². The zero-order valence-corrected chi connectivity index (χ0v) is 12.9. The molecule has 0 bridgehead atoms. The molecular formula is C13H14N2O6S. The van der Waals surface area contributed by atoms with Gasteiger partial charge in [-0.2, -0.15) is 0 Å². The van der Waals surface area contributed by atoms with Gasteiger partial charge in [0.25, 0.3) is 11.8 Å². The predicted octanol–water partition coefficient (Wildman–Crippen LogP) is 0.0413. The van der Waals surface area contributed by atoms with Crippen LogP contribution in [0, 0.1) is 0 Å². The summed E-state index contributed by atoms with van der Waals surface area (Å²) >= 11 is 0. The number of benzene rings is 1. The number of carbonyl (C=O) groups excluding carboxylic acids is 2. The number of nitrogens with one attached hydrogen (secondary N) is 1. The molecule has 1 aliphatic heterocycles. The number of nitrogens with zero attached hydrogens (tertiary/aromatic N) is 1. The highest BCUT2D eigenvalue weighted by molar-refractivity contribution is 7.89. The summed E-state index contributed by atoms with van der Waals surface area (Å²) in [6.07, 6.45) is 2.24. The molecule has 0 saturated carbocycles. The highest BCUT2D eigenvalue weighted by Crippen LogP contribution is 2.38. The molecule has 9 heteroatoms. The largest absolute Gasteiger partial charge is 0.495 e. The number of ether oxygens (including phenoxy) is 2. The molecule has 0 unspecified atom stereocenters. The maximum absolute atomic E-state index is 12.0. The van der Waals surface area contributed by atoms with Crippen molar-refractivity contribution in [3.8, 4) is 11.5 Å². The van der Waals surface area contributed by atoms with E-state index in [-0.39, 0.29) is 22.1 Å². The highest BCUT2D eigenvalue weighted by atomic mass is 32.2. The number of sulfonamides is 1. The van der Waals surface area contributed by atoms with Crippen molar-refractivity contribution in [2.24, 2.45) is 0 Å². The first-order valence-corrected chi connectivity index (χ1v) is 7.59. The van der Waals surface area contributed by atoms with Gasteiger partial charge in [-0.1, -0.05) is 0 Å². The zero-order valence-electron chi connectivity index (χ0n) is 12.1. The number of methoxy groups -OCH3 is 2. The van der Waals surface area contributed by atoms with E-state index in [4.69, 9.17) is 9.47 Å². The van der Waals surface area contributed by atoms with E-state index in [0.29, 0.717) is 0 Å². The normalized spacial score (nSPS) is 14.6. The molecule has 1 aromatic rings. The monoisotopic (exact) mass is 326 g/mol. The third-order valence-electron chi connectivity index (χ3n) is 3.07. The molecule has 1 heterocycles. The summed E-state index contributed by atoms with van der Waals surface area (Å²) in [7, 11) is 0.0456. The number of carbonyl (C=O) groups is 2. The molecule has 1 aromatic carbocycles. The quantitative estimate of drug-likeness (QED) is 0.767. The van der Waals surface area contributed by atoms with Crippen LogP contribution in [0.3, 0.4) is 0 Å². The Morgan fingerprint density at radius 2 is 1.55 bits per heavy atom. The summed E-state index contributed by atoms with van der Waals surface area (Å²) in [6, 6.07) is 2.46. The van der Waals surface area contributed by atoms with Gasteiger partial charge in [0.05, 0.1) is 19.9 Å². The zero-order chi connectivity index (χ0) is 16.5. The molecule has 2 rings (SSSR count). The van der Waals surface area contributed by atoms with E-state index in [1.54, 1.807) is 0 Å². The fourth-order valence-electron chi connectivity index (χ4n) is 1.99. The number of hydrogen-bond acceptors (Lipinski definition) is 6. The average molecular weight is 326 g/mol. The molecular weight excluding hydrogens is 312 g/mol. The van der Waals surface area contributed by atoms with Crippen LogP contribution in [0.5, 0.6) is 11.5 Å². The first-order chi connectivity index (χ1) is 10.4. The minimum atomic E-state index is -3.80. The van der Waals surface area contributed by atoms with Crippen molar-refractivity contribution in [3.05, 3.63) is 24.3 Å². The minimum absolute atomic E-state index is 0.0161. The molecule has 2 amide bonds. The highest BCUT2D eigenvalue weighted by Gasteiger charge is 2.30. The van der Waals surface area contributed by atoms with Crippen molar-refractivity contribution in [3.63, 3.8) is 0 Å². The van der Waals surface area contributed by atoms with Crippen LogP contribution < -0.4 is 19.1 Å². The van der Waals surface area contributed by atoms with Crippen molar-refractivity contribution < 1.29 is 27.5 Å². The maximum Gasteiger partial charge on any atom is 0.258 e. The van der Waals surface area contributed by atoms with E-state index in [1.165, 1.54) is 33.4 Å². The summed E-state index contributed by atoms with van der Waals surface area (Å²) in [5.74, 6) is -1.05. The van der Waals surface area contributed by atoms with Crippen LogP contribution in [0.1, 0.15) is 0 Å². The van der Waals surface area contributed by atoms with Crippen LogP contribution >= 0.6 is 0 Å². The van der Waals surface area contributed by atoms with Gasteiger partial charge in [0.1, 0.15) is 16.4 Å². The topological polar surface area (TPSA) is 102 Å². The van der Waals surface area contributed by atoms with Crippen molar-refractivity contribution >= 4 is 27.5 Å². The van der Waals surface area contributed by atoms with Gasteiger partial charge in [0.15, 0.2) is 0 Å². The second kappa shape index (κ2) is 5.78. The Balaban J connectivity index is 2.68. The smallest absolute Gasteiger partial charge is 0.258 e. The van der Waals surface area contributed by atoms with Crippen molar-refractivity contribution in [1.82, 2.24) is 4.72 Å². The SMILES string of the molecule is CNS(=O)(=O)c1cc(OC)c(N2C(=O)C=CC2=O)cc1OC. The van der Waals surface area contributed by atoms with Crippen molar-refractivity contribution in [2.45, 2.75) is 4.90 Å². The number of anilines is 1. The first-order valence-electron chi connectivity index (χ1n) is 6.11. The Bertz CT molecular complexity index is 751. The number of hydrogen-bond donors (Lipinski definition) is 1. The predicted molar refractivity (Wildman–Crippen MR) is 77.4 cm³/mol. The molecule has 0 atom stereocenters. The second-order valence-corrected chi connectivity index (χ2v) is 6.08. The first kappa shape index (κ1) is 16.0. The van der Waals surface area contributed by atoms with Crippen LogP contribution in [0.15, 0.2) is 29.2 Å². The fourth-order valence-corrected chi connectivity index (χ4v) is 2.88. The molecule has 0 fully saturated rings. The van der Waals surface area contributed by atoms with E-state index in [0.717, 1.165) is 17.1 Å². The van der Waals surface area contributed by atoms with E-state index in [1.807, 2.05) is 0 Å². The molecule has 0 aliphatic carbocycles. The lowest BCUT2D eigenvalue weighted by Crippen LogP contribution is -2.30. The molecule has 1 N–H and O–H groups in total. The molecule has 8 nitrogen and oxygen atoms in total. The average Bonchev–Trinajstić information content (AvgIpc) is 2.84. The summed E-state index contributed by atoms with van der Waals surface area (Å²) < 4.78 is 36.3. The summed E-state index contributed by atoms with van der Waals surface area (Å²) in [5.41, 5.74) is 0.106. The van der Waals surface area contributed by atoms with Gasteiger partial charge in [-0.3, -0.25) is 9.59 Å². The Kier molecular flexibility index (Phi) is 4.20. The van der Waals surface area contributed by atoms with Crippen LogP contribution in [0.4, 0.5) is 5.69 Å².